The van der Waals surface area contributed by atoms with Crippen molar-refractivity contribution in [1.29, 1.82) is 0 Å². The Kier molecular flexibility index (Phi) is 3.17. The van der Waals surface area contributed by atoms with E-state index in [4.69, 9.17) is 5.73 Å². The summed E-state index contributed by atoms with van der Waals surface area (Å²) < 4.78 is 0. The van der Waals surface area contributed by atoms with Gasteiger partial charge in [0, 0.05) is 6.04 Å². The number of rotatable bonds is 3. The van der Waals surface area contributed by atoms with Gasteiger partial charge in [0.25, 0.3) is 0 Å². The fourth-order valence-corrected chi connectivity index (χ4v) is 3.56. The standard InChI is InChI=1S/C15H22N2/c16-7-3-8-17-9-6-14-10-12-4-1-2-5-13(12)11-15(14)17/h1-2,4-5,14-15H,3,6-11,16H2/t14-,15-/m1/s1. The van der Waals surface area contributed by atoms with E-state index in [-0.39, 0.29) is 0 Å². The molecule has 0 spiro atoms. The molecule has 0 unspecified atom stereocenters. The monoisotopic (exact) mass is 230 g/mol. The van der Waals surface area contributed by atoms with Gasteiger partial charge in [-0.3, -0.25) is 4.90 Å². The molecule has 2 atom stereocenters. The van der Waals surface area contributed by atoms with Crippen LogP contribution in [0.15, 0.2) is 24.3 Å². The fourth-order valence-electron chi connectivity index (χ4n) is 3.56. The number of likely N-dealkylation sites (tertiary alicyclic amines) is 1. The molecule has 1 aromatic carbocycles. The Hall–Kier alpha value is -0.860. The van der Waals surface area contributed by atoms with Crippen molar-refractivity contribution in [1.82, 2.24) is 4.90 Å². The molecule has 0 amide bonds. The van der Waals surface area contributed by atoms with Crippen LogP contribution in [0.4, 0.5) is 0 Å². The zero-order valence-corrected chi connectivity index (χ0v) is 10.4. The van der Waals surface area contributed by atoms with E-state index in [0.717, 1.165) is 24.9 Å². The van der Waals surface area contributed by atoms with E-state index in [2.05, 4.69) is 29.2 Å². The number of hydrogen-bond donors (Lipinski definition) is 1. The van der Waals surface area contributed by atoms with Crippen molar-refractivity contribution in [3.63, 3.8) is 0 Å². The summed E-state index contributed by atoms with van der Waals surface area (Å²) >= 11 is 0. The van der Waals surface area contributed by atoms with Crippen LogP contribution in [-0.2, 0) is 12.8 Å². The fraction of sp³-hybridized carbons (Fsp3) is 0.600. The van der Waals surface area contributed by atoms with E-state index >= 15 is 0 Å². The van der Waals surface area contributed by atoms with Gasteiger partial charge in [-0.25, -0.2) is 0 Å². The summed E-state index contributed by atoms with van der Waals surface area (Å²) in [6.45, 7) is 3.30. The predicted octanol–water partition coefficient (Wildman–Crippen LogP) is 1.82. The van der Waals surface area contributed by atoms with Gasteiger partial charge in [-0.05, 0) is 62.4 Å². The van der Waals surface area contributed by atoms with Crippen molar-refractivity contribution in [2.24, 2.45) is 11.7 Å². The molecule has 2 N–H and O–H groups in total. The Balaban J connectivity index is 1.75. The second kappa shape index (κ2) is 4.79. The van der Waals surface area contributed by atoms with E-state index in [1.54, 1.807) is 11.1 Å². The average molecular weight is 230 g/mol. The Morgan fingerprint density at radius 1 is 1.18 bits per heavy atom. The van der Waals surface area contributed by atoms with Crippen LogP contribution in [0.2, 0.25) is 0 Å². The number of benzene rings is 1. The second-order valence-electron chi connectivity index (χ2n) is 5.47. The van der Waals surface area contributed by atoms with E-state index in [1.165, 1.54) is 32.4 Å². The van der Waals surface area contributed by atoms with Gasteiger partial charge < -0.3 is 5.73 Å². The molecule has 92 valence electrons. The third-order valence-electron chi connectivity index (χ3n) is 4.48. The first-order chi connectivity index (χ1) is 8.38. The highest BCUT2D eigenvalue weighted by molar-refractivity contribution is 5.31. The number of nitrogens with two attached hydrogens (primary N) is 1. The van der Waals surface area contributed by atoms with Crippen LogP contribution in [0.25, 0.3) is 0 Å². The Morgan fingerprint density at radius 2 is 1.94 bits per heavy atom. The molecule has 1 saturated heterocycles. The molecule has 2 aliphatic rings. The highest BCUT2D eigenvalue weighted by Gasteiger charge is 2.36. The summed E-state index contributed by atoms with van der Waals surface area (Å²) in [4.78, 5) is 2.67. The van der Waals surface area contributed by atoms with Crippen molar-refractivity contribution in [2.45, 2.75) is 31.7 Å². The minimum atomic E-state index is 0.788. The number of hydrogen-bond acceptors (Lipinski definition) is 2. The Bertz CT molecular complexity index is 388. The van der Waals surface area contributed by atoms with Crippen molar-refractivity contribution in [3.8, 4) is 0 Å². The Morgan fingerprint density at radius 3 is 2.71 bits per heavy atom. The van der Waals surface area contributed by atoms with Crippen molar-refractivity contribution < 1.29 is 0 Å². The Labute approximate surface area is 104 Å². The molecule has 1 fully saturated rings. The molecule has 0 bridgehead atoms. The smallest absolute Gasteiger partial charge is 0.0168 e. The third kappa shape index (κ3) is 2.12. The van der Waals surface area contributed by atoms with Gasteiger partial charge in [0.2, 0.25) is 0 Å². The van der Waals surface area contributed by atoms with Gasteiger partial charge in [0.05, 0.1) is 0 Å². The lowest BCUT2D eigenvalue weighted by molar-refractivity contribution is 0.215. The molecule has 1 heterocycles. The van der Waals surface area contributed by atoms with Gasteiger partial charge in [-0.15, -0.1) is 0 Å². The largest absolute Gasteiger partial charge is 0.330 e. The first kappa shape index (κ1) is 11.2. The van der Waals surface area contributed by atoms with Crippen LogP contribution in [0.5, 0.6) is 0 Å². The topological polar surface area (TPSA) is 29.3 Å². The van der Waals surface area contributed by atoms with Crippen molar-refractivity contribution in [3.05, 3.63) is 35.4 Å². The third-order valence-corrected chi connectivity index (χ3v) is 4.48. The molecule has 0 saturated carbocycles. The summed E-state index contributed by atoms with van der Waals surface area (Å²) in [5, 5.41) is 0. The van der Waals surface area contributed by atoms with Crippen LogP contribution in [0.1, 0.15) is 24.0 Å². The first-order valence-corrected chi connectivity index (χ1v) is 6.89. The molecule has 2 nitrogen and oxygen atoms in total. The minimum absolute atomic E-state index is 0.788. The summed E-state index contributed by atoms with van der Waals surface area (Å²) in [5.74, 6) is 0.891. The van der Waals surface area contributed by atoms with Crippen molar-refractivity contribution >= 4 is 0 Å². The molecule has 1 aliphatic heterocycles. The van der Waals surface area contributed by atoms with Gasteiger partial charge in [0.15, 0.2) is 0 Å². The van der Waals surface area contributed by atoms with E-state index in [9.17, 15) is 0 Å². The van der Waals surface area contributed by atoms with Crippen LogP contribution in [0, 0.1) is 5.92 Å². The average Bonchev–Trinajstić information content (AvgIpc) is 2.76. The van der Waals surface area contributed by atoms with E-state index in [0.29, 0.717) is 0 Å². The molecule has 2 heteroatoms. The first-order valence-electron chi connectivity index (χ1n) is 6.89. The van der Waals surface area contributed by atoms with Crippen molar-refractivity contribution in [2.75, 3.05) is 19.6 Å². The SMILES string of the molecule is NCCCN1CC[C@@H]2Cc3ccccc3C[C@H]21. The zero-order valence-electron chi connectivity index (χ0n) is 10.4. The zero-order chi connectivity index (χ0) is 11.7. The molecular weight excluding hydrogens is 208 g/mol. The summed E-state index contributed by atoms with van der Waals surface area (Å²) in [7, 11) is 0. The maximum Gasteiger partial charge on any atom is 0.0168 e. The normalized spacial score (nSPS) is 27.8. The number of fused-ring (bicyclic) bond motifs is 2. The van der Waals surface area contributed by atoms with Crippen LogP contribution in [0.3, 0.4) is 0 Å². The van der Waals surface area contributed by atoms with E-state index < -0.39 is 0 Å². The maximum atomic E-state index is 5.62. The lowest BCUT2D eigenvalue weighted by Crippen LogP contribution is -2.39. The minimum Gasteiger partial charge on any atom is -0.330 e. The summed E-state index contributed by atoms with van der Waals surface area (Å²) in [6, 6.07) is 9.77. The van der Waals surface area contributed by atoms with Gasteiger partial charge in [0.1, 0.15) is 0 Å². The second-order valence-corrected chi connectivity index (χ2v) is 5.47. The number of nitrogens with zero attached hydrogens (tertiary/aromatic N) is 1. The van der Waals surface area contributed by atoms with Gasteiger partial charge >= 0.3 is 0 Å². The molecule has 17 heavy (non-hydrogen) atoms. The predicted molar refractivity (Wildman–Crippen MR) is 71.0 cm³/mol. The molecule has 0 radical (unpaired) electrons. The lowest BCUT2D eigenvalue weighted by Gasteiger charge is -2.33. The van der Waals surface area contributed by atoms with Crippen LogP contribution < -0.4 is 5.73 Å². The van der Waals surface area contributed by atoms with Gasteiger partial charge in [-0.1, -0.05) is 24.3 Å². The molecule has 0 aromatic heterocycles. The highest BCUT2D eigenvalue weighted by Crippen LogP contribution is 2.35. The van der Waals surface area contributed by atoms with Crippen LogP contribution in [-0.4, -0.2) is 30.6 Å². The summed E-state index contributed by atoms with van der Waals surface area (Å²) in [6.07, 6.45) is 5.07. The maximum absolute atomic E-state index is 5.62. The van der Waals surface area contributed by atoms with E-state index in [1.807, 2.05) is 0 Å². The molecule has 1 aliphatic carbocycles. The summed E-state index contributed by atoms with van der Waals surface area (Å²) in [5.41, 5.74) is 8.79. The molecular formula is C15H22N2. The highest BCUT2D eigenvalue weighted by atomic mass is 15.2. The quantitative estimate of drug-likeness (QED) is 0.858. The molecule has 1 aromatic rings. The van der Waals surface area contributed by atoms with Crippen LogP contribution >= 0.6 is 0 Å². The lowest BCUT2D eigenvalue weighted by atomic mass is 9.80. The van der Waals surface area contributed by atoms with Gasteiger partial charge in [-0.2, -0.15) is 0 Å². The molecule has 3 rings (SSSR count).